The smallest absolute Gasteiger partial charge is 0.0607 e. The summed E-state index contributed by atoms with van der Waals surface area (Å²) in [5.41, 5.74) is 16.5. The lowest BCUT2D eigenvalue weighted by atomic mass is 9.74. The molecule has 0 fully saturated rings. The molecule has 0 N–H and O–H groups in total. The number of benzene rings is 7. The lowest BCUT2D eigenvalue weighted by Crippen LogP contribution is -2.24. The molecule has 2 heteroatoms. The fourth-order valence-electron chi connectivity index (χ4n) is 9.89. The predicted molar refractivity (Wildman–Crippen MR) is 223 cm³/mol. The Morgan fingerprint density at radius 2 is 0.704 bits per heavy atom. The first-order chi connectivity index (χ1) is 26.6. The molecule has 7 aromatic carbocycles. The average molecular weight is 689 g/mol. The Kier molecular flexibility index (Phi) is 6.55. The molecule has 0 radical (unpaired) electrons. The van der Waals surface area contributed by atoms with Gasteiger partial charge in [0.15, 0.2) is 0 Å². The highest BCUT2D eigenvalue weighted by molar-refractivity contribution is 6.23. The van der Waals surface area contributed by atoms with Gasteiger partial charge in [0.1, 0.15) is 0 Å². The number of aromatic nitrogens is 2. The second-order valence-corrected chi connectivity index (χ2v) is 15.1. The molecule has 2 atom stereocenters. The van der Waals surface area contributed by atoms with Crippen LogP contribution in [0.25, 0.3) is 66.1 Å². The van der Waals surface area contributed by atoms with E-state index >= 15 is 0 Å². The van der Waals surface area contributed by atoms with Crippen molar-refractivity contribution in [3.63, 3.8) is 0 Å². The molecule has 2 aromatic heterocycles. The Labute approximate surface area is 315 Å². The normalized spacial score (nSPS) is 18.0. The molecular formula is C52H36N2. The van der Waals surface area contributed by atoms with Crippen LogP contribution in [0.5, 0.6) is 0 Å². The molecule has 11 rings (SSSR count). The number of pyridine rings is 2. The Hall–Kier alpha value is -6.64. The minimum Gasteiger partial charge on any atom is -0.260 e. The Bertz CT molecular complexity index is 2730. The highest BCUT2D eigenvalue weighted by Gasteiger charge is 2.44. The molecule has 0 saturated carbocycles. The molecule has 2 nitrogen and oxygen atoms in total. The van der Waals surface area contributed by atoms with Crippen molar-refractivity contribution < 1.29 is 0 Å². The minimum atomic E-state index is -0.418. The summed E-state index contributed by atoms with van der Waals surface area (Å²) in [6, 6.07) is 62.5. The maximum atomic E-state index is 5.00. The van der Waals surface area contributed by atoms with Crippen molar-refractivity contribution in [2.75, 3.05) is 0 Å². The van der Waals surface area contributed by atoms with E-state index in [1.54, 1.807) is 0 Å². The predicted octanol–water partition coefficient (Wildman–Crippen LogP) is 12.8. The van der Waals surface area contributed by atoms with E-state index in [-0.39, 0.29) is 0 Å². The van der Waals surface area contributed by atoms with Gasteiger partial charge in [-0.2, -0.15) is 0 Å². The third-order valence-corrected chi connectivity index (χ3v) is 12.5. The van der Waals surface area contributed by atoms with Gasteiger partial charge in [-0.05, 0) is 151 Å². The van der Waals surface area contributed by atoms with E-state index in [2.05, 4.69) is 172 Å². The monoisotopic (exact) mass is 688 g/mol. The molecule has 0 amide bonds. The molecule has 2 heterocycles. The third kappa shape index (κ3) is 4.11. The zero-order valence-corrected chi connectivity index (χ0v) is 30.2. The Morgan fingerprint density at radius 1 is 0.333 bits per heavy atom. The molecule has 0 saturated heterocycles. The lowest BCUT2D eigenvalue weighted by molar-refractivity contribution is 0.685. The van der Waals surface area contributed by atoms with Crippen molar-refractivity contribution in [2.24, 2.45) is 0 Å². The summed E-state index contributed by atoms with van der Waals surface area (Å²) in [7, 11) is 0. The van der Waals surface area contributed by atoms with Crippen LogP contribution in [0.15, 0.2) is 182 Å². The largest absolute Gasteiger partial charge is 0.260 e. The van der Waals surface area contributed by atoms with Gasteiger partial charge in [-0.25, -0.2) is 0 Å². The maximum absolute atomic E-state index is 5.00. The summed E-state index contributed by atoms with van der Waals surface area (Å²) < 4.78 is 0. The van der Waals surface area contributed by atoms with Crippen LogP contribution >= 0.6 is 0 Å². The van der Waals surface area contributed by atoms with E-state index in [1.165, 1.54) is 88.3 Å². The standard InChI is InChI=1S/C52H36N2/c1-51(47-25-13-15-27-53-47)43-23-11-9-21-35(43)37-29-39-41(31-45(37)51)49(33-17-5-3-6-18-33)40-30-38-36-22-10-12-24-44(36)52(2,48-26-14-16-28-54-48)46(38)32-42(40)50(39)34-19-7-4-8-20-34/h3-32H,1-2H3. The summed E-state index contributed by atoms with van der Waals surface area (Å²) in [6.45, 7) is 4.71. The first-order valence-corrected chi connectivity index (χ1v) is 18.8. The number of hydrogen-bond acceptors (Lipinski definition) is 2. The van der Waals surface area contributed by atoms with Crippen LogP contribution in [0.1, 0.15) is 47.5 Å². The van der Waals surface area contributed by atoms with Crippen molar-refractivity contribution in [2.45, 2.75) is 24.7 Å². The summed E-state index contributed by atoms with van der Waals surface area (Å²) in [5, 5.41) is 5.00. The number of hydrogen-bond donors (Lipinski definition) is 0. The van der Waals surface area contributed by atoms with E-state index in [0.717, 1.165) is 11.4 Å². The molecule has 0 spiro atoms. The fourth-order valence-corrected chi connectivity index (χ4v) is 9.89. The molecule has 54 heavy (non-hydrogen) atoms. The third-order valence-electron chi connectivity index (χ3n) is 12.5. The molecule has 9 aromatic rings. The van der Waals surface area contributed by atoms with Crippen LogP contribution in [-0.2, 0) is 10.8 Å². The van der Waals surface area contributed by atoms with E-state index in [0.29, 0.717) is 0 Å². The van der Waals surface area contributed by atoms with Crippen molar-refractivity contribution in [3.8, 4) is 44.5 Å². The first-order valence-electron chi connectivity index (χ1n) is 18.8. The second-order valence-electron chi connectivity index (χ2n) is 15.1. The van der Waals surface area contributed by atoms with Crippen LogP contribution in [0.3, 0.4) is 0 Å². The topological polar surface area (TPSA) is 25.8 Å². The van der Waals surface area contributed by atoms with Gasteiger partial charge in [0.2, 0.25) is 0 Å². The molecule has 2 unspecified atom stereocenters. The number of rotatable bonds is 4. The number of fused-ring (bicyclic) bond motifs is 8. The summed E-state index contributed by atoms with van der Waals surface area (Å²) in [6.07, 6.45) is 3.85. The van der Waals surface area contributed by atoms with Gasteiger partial charge < -0.3 is 0 Å². The Balaban J connectivity index is 1.35. The second kappa shape index (κ2) is 11.4. The molecule has 0 aliphatic heterocycles. The van der Waals surface area contributed by atoms with Gasteiger partial charge in [-0.3, -0.25) is 9.97 Å². The van der Waals surface area contributed by atoms with Crippen molar-refractivity contribution >= 4 is 21.5 Å². The highest BCUT2D eigenvalue weighted by Crippen LogP contribution is 2.58. The van der Waals surface area contributed by atoms with Gasteiger partial charge in [0, 0.05) is 12.4 Å². The van der Waals surface area contributed by atoms with Gasteiger partial charge in [-0.1, -0.05) is 121 Å². The van der Waals surface area contributed by atoms with E-state index in [4.69, 9.17) is 9.97 Å². The van der Waals surface area contributed by atoms with Crippen LogP contribution in [0.2, 0.25) is 0 Å². The molecule has 0 bridgehead atoms. The van der Waals surface area contributed by atoms with E-state index in [1.807, 2.05) is 24.5 Å². The molecular weight excluding hydrogens is 653 g/mol. The van der Waals surface area contributed by atoms with Gasteiger partial charge in [-0.15, -0.1) is 0 Å². The summed E-state index contributed by atoms with van der Waals surface area (Å²) in [4.78, 5) is 10.0. The van der Waals surface area contributed by atoms with E-state index < -0.39 is 10.8 Å². The number of nitrogens with zero attached hydrogens (tertiary/aromatic N) is 2. The minimum absolute atomic E-state index is 0.418. The quantitative estimate of drug-likeness (QED) is 0.172. The van der Waals surface area contributed by atoms with Crippen LogP contribution in [-0.4, -0.2) is 9.97 Å². The zero-order valence-electron chi connectivity index (χ0n) is 30.2. The van der Waals surface area contributed by atoms with Crippen molar-refractivity contribution in [1.82, 2.24) is 9.97 Å². The molecule has 254 valence electrons. The van der Waals surface area contributed by atoms with Crippen molar-refractivity contribution in [3.05, 3.63) is 216 Å². The molecule has 2 aliphatic rings. The Morgan fingerprint density at radius 3 is 1.11 bits per heavy atom. The SMILES string of the molecule is CC1(c2ccccn2)c2ccccc2-c2cc3c(-c4ccccc4)c4cc5c(cc4c(-c4ccccc4)c3cc21)-c1ccccc1C5(C)c1ccccn1. The average Bonchev–Trinajstić information content (AvgIpc) is 3.65. The highest BCUT2D eigenvalue weighted by atomic mass is 14.7. The van der Waals surface area contributed by atoms with E-state index in [9.17, 15) is 0 Å². The first kappa shape index (κ1) is 30.9. The summed E-state index contributed by atoms with van der Waals surface area (Å²) >= 11 is 0. The summed E-state index contributed by atoms with van der Waals surface area (Å²) in [5.74, 6) is 0. The zero-order chi connectivity index (χ0) is 36.0. The lowest BCUT2D eigenvalue weighted by Gasteiger charge is -2.29. The maximum Gasteiger partial charge on any atom is 0.0607 e. The molecule has 2 aliphatic carbocycles. The van der Waals surface area contributed by atoms with Crippen LogP contribution in [0, 0.1) is 0 Å². The van der Waals surface area contributed by atoms with Gasteiger partial charge in [0.25, 0.3) is 0 Å². The fraction of sp³-hybridized carbons (Fsp3) is 0.0769. The van der Waals surface area contributed by atoms with Crippen LogP contribution in [0.4, 0.5) is 0 Å². The van der Waals surface area contributed by atoms with Gasteiger partial charge in [0.05, 0.1) is 22.2 Å². The van der Waals surface area contributed by atoms with Gasteiger partial charge >= 0.3 is 0 Å². The van der Waals surface area contributed by atoms with Crippen LogP contribution < -0.4 is 0 Å². The van der Waals surface area contributed by atoms with Crippen molar-refractivity contribution in [1.29, 1.82) is 0 Å².